The number of carbonyl (C=O) groups excluding carboxylic acids is 2. The lowest BCUT2D eigenvalue weighted by Gasteiger charge is -2.28. The van der Waals surface area contributed by atoms with Gasteiger partial charge < -0.3 is 15.2 Å². The van der Waals surface area contributed by atoms with Crippen LogP contribution in [-0.4, -0.2) is 52.2 Å². The molecule has 1 heterocycles. The van der Waals surface area contributed by atoms with Gasteiger partial charge in [-0.05, 0) is 39.2 Å². The van der Waals surface area contributed by atoms with E-state index in [1.54, 1.807) is 20.8 Å². The summed E-state index contributed by atoms with van der Waals surface area (Å²) in [5, 5.41) is 12.0. The molecule has 0 aromatic heterocycles. The number of nitrogens with one attached hydrogen (secondary N) is 1. The van der Waals surface area contributed by atoms with Gasteiger partial charge in [0.25, 0.3) is 0 Å². The summed E-state index contributed by atoms with van der Waals surface area (Å²) in [4.78, 5) is 37.8. The van der Waals surface area contributed by atoms with Gasteiger partial charge in [0.15, 0.2) is 0 Å². The van der Waals surface area contributed by atoms with Crippen molar-refractivity contribution < 1.29 is 24.2 Å². The highest BCUT2D eigenvalue weighted by Gasteiger charge is 2.37. The van der Waals surface area contributed by atoms with Gasteiger partial charge in [-0.1, -0.05) is 30.3 Å². The van der Waals surface area contributed by atoms with Gasteiger partial charge >= 0.3 is 12.1 Å². The van der Waals surface area contributed by atoms with Gasteiger partial charge in [0.2, 0.25) is 5.91 Å². The van der Waals surface area contributed by atoms with E-state index in [1.165, 1.54) is 4.90 Å². The van der Waals surface area contributed by atoms with Crippen molar-refractivity contribution in [2.45, 2.75) is 57.7 Å². The molecule has 2 amide bonds. The van der Waals surface area contributed by atoms with Crippen molar-refractivity contribution in [2.24, 2.45) is 0 Å². The van der Waals surface area contributed by atoms with Crippen LogP contribution in [-0.2, 0) is 20.7 Å². The predicted octanol–water partition coefficient (Wildman–Crippen LogP) is 2.20. The number of carbonyl (C=O) groups is 3. The Hall–Kier alpha value is -2.57. The number of hydrogen-bond donors (Lipinski definition) is 2. The number of carboxylic acid groups (broad SMARTS) is 1. The van der Waals surface area contributed by atoms with Crippen molar-refractivity contribution in [1.29, 1.82) is 0 Å². The molecule has 0 aliphatic carbocycles. The average molecular weight is 362 g/mol. The fourth-order valence-corrected chi connectivity index (χ4v) is 2.90. The average Bonchev–Trinajstić information content (AvgIpc) is 3.03. The Kier molecular flexibility index (Phi) is 6.23. The third kappa shape index (κ3) is 5.47. The molecule has 1 aliphatic heterocycles. The predicted molar refractivity (Wildman–Crippen MR) is 95.7 cm³/mol. The van der Waals surface area contributed by atoms with Gasteiger partial charge in [-0.25, -0.2) is 9.59 Å². The number of likely N-dealkylation sites (tertiary alicyclic amines) is 1. The van der Waals surface area contributed by atoms with Crippen LogP contribution in [0.4, 0.5) is 4.79 Å². The van der Waals surface area contributed by atoms with E-state index in [4.69, 9.17) is 4.74 Å². The summed E-state index contributed by atoms with van der Waals surface area (Å²) in [6.45, 7) is 5.70. The summed E-state index contributed by atoms with van der Waals surface area (Å²) in [5.74, 6) is -1.57. The summed E-state index contributed by atoms with van der Waals surface area (Å²) in [7, 11) is 0. The number of carboxylic acids is 1. The maximum Gasteiger partial charge on any atom is 0.410 e. The SMILES string of the molecule is CC(C)(C)OC(=O)N1CCC[C@H]1C(=O)NC(Cc1ccccc1)C(=O)O. The fraction of sp³-hybridized carbons (Fsp3) is 0.526. The molecule has 7 nitrogen and oxygen atoms in total. The molecular weight excluding hydrogens is 336 g/mol. The largest absolute Gasteiger partial charge is 0.480 e. The van der Waals surface area contributed by atoms with E-state index in [1.807, 2.05) is 30.3 Å². The van der Waals surface area contributed by atoms with Crippen LogP contribution in [0.1, 0.15) is 39.2 Å². The van der Waals surface area contributed by atoms with Crippen molar-refractivity contribution in [3.05, 3.63) is 35.9 Å². The molecule has 1 aromatic carbocycles. The van der Waals surface area contributed by atoms with E-state index in [-0.39, 0.29) is 6.42 Å². The lowest BCUT2D eigenvalue weighted by Crippen LogP contribution is -2.52. The summed E-state index contributed by atoms with van der Waals surface area (Å²) in [6.07, 6.45) is 0.794. The molecule has 1 aromatic rings. The Morgan fingerprint density at radius 3 is 2.50 bits per heavy atom. The first-order chi connectivity index (χ1) is 12.2. The third-order valence-electron chi connectivity index (χ3n) is 4.08. The van der Waals surface area contributed by atoms with Crippen LogP contribution >= 0.6 is 0 Å². The minimum absolute atomic E-state index is 0.182. The monoisotopic (exact) mass is 362 g/mol. The van der Waals surface area contributed by atoms with Gasteiger partial charge in [-0.15, -0.1) is 0 Å². The van der Waals surface area contributed by atoms with Crippen LogP contribution in [0.15, 0.2) is 30.3 Å². The summed E-state index contributed by atoms with van der Waals surface area (Å²) in [5.41, 5.74) is 0.160. The minimum atomic E-state index is -1.11. The van der Waals surface area contributed by atoms with E-state index < -0.39 is 35.7 Å². The number of amides is 2. The number of nitrogens with zero attached hydrogens (tertiary/aromatic N) is 1. The van der Waals surface area contributed by atoms with Crippen LogP contribution < -0.4 is 5.32 Å². The van der Waals surface area contributed by atoms with Gasteiger partial charge in [0.05, 0.1) is 0 Å². The van der Waals surface area contributed by atoms with Crippen molar-refractivity contribution in [3.63, 3.8) is 0 Å². The van der Waals surface area contributed by atoms with E-state index >= 15 is 0 Å². The fourth-order valence-electron chi connectivity index (χ4n) is 2.90. The van der Waals surface area contributed by atoms with E-state index in [2.05, 4.69) is 5.32 Å². The Bertz CT molecular complexity index is 654. The maximum atomic E-state index is 12.6. The Morgan fingerprint density at radius 2 is 1.92 bits per heavy atom. The highest BCUT2D eigenvalue weighted by Crippen LogP contribution is 2.21. The zero-order valence-electron chi connectivity index (χ0n) is 15.4. The molecule has 1 saturated heterocycles. The molecular formula is C19H26N2O5. The Balaban J connectivity index is 2.03. The zero-order valence-corrected chi connectivity index (χ0v) is 15.4. The summed E-state index contributed by atoms with van der Waals surface area (Å²) < 4.78 is 5.34. The Labute approximate surface area is 153 Å². The number of rotatable bonds is 5. The van der Waals surface area contributed by atoms with Gasteiger partial charge in [0, 0.05) is 13.0 Å². The zero-order chi connectivity index (χ0) is 19.3. The van der Waals surface area contributed by atoms with Gasteiger partial charge in [0.1, 0.15) is 17.7 Å². The lowest BCUT2D eigenvalue weighted by molar-refractivity contribution is -0.142. The minimum Gasteiger partial charge on any atom is -0.480 e. The second-order valence-electron chi connectivity index (χ2n) is 7.42. The molecule has 26 heavy (non-hydrogen) atoms. The molecule has 0 radical (unpaired) electrons. The van der Waals surface area contributed by atoms with Crippen molar-refractivity contribution in [1.82, 2.24) is 10.2 Å². The van der Waals surface area contributed by atoms with Crippen molar-refractivity contribution >= 4 is 18.0 Å². The van der Waals surface area contributed by atoms with Crippen molar-refractivity contribution in [3.8, 4) is 0 Å². The number of benzene rings is 1. The van der Waals surface area contributed by atoms with Gasteiger partial charge in [-0.2, -0.15) is 0 Å². The molecule has 2 N–H and O–H groups in total. The normalized spacial score (nSPS) is 18.3. The maximum absolute atomic E-state index is 12.6. The van der Waals surface area contributed by atoms with E-state index in [0.29, 0.717) is 19.4 Å². The number of hydrogen-bond acceptors (Lipinski definition) is 4. The van der Waals surface area contributed by atoms with E-state index in [9.17, 15) is 19.5 Å². The first-order valence-electron chi connectivity index (χ1n) is 8.74. The summed E-state index contributed by atoms with van der Waals surface area (Å²) in [6, 6.07) is 7.34. The smallest absolute Gasteiger partial charge is 0.410 e. The molecule has 7 heteroatoms. The standard InChI is InChI=1S/C19H26N2O5/c1-19(2,3)26-18(25)21-11-7-10-15(21)16(22)20-14(17(23)24)12-13-8-5-4-6-9-13/h4-6,8-9,14-15H,7,10-12H2,1-3H3,(H,20,22)(H,23,24)/t14?,15-/m0/s1. The molecule has 0 bridgehead atoms. The molecule has 1 aliphatic rings. The summed E-state index contributed by atoms with van der Waals surface area (Å²) >= 11 is 0. The van der Waals surface area contributed by atoms with Crippen LogP contribution in [0.3, 0.4) is 0 Å². The molecule has 2 atom stereocenters. The van der Waals surface area contributed by atoms with Crippen LogP contribution in [0.2, 0.25) is 0 Å². The topological polar surface area (TPSA) is 95.9 Å². The molecule has 2 rings (SSSR count). The first kappa shape index (κ1) is 19.8. The molecule has 0 spiro atoms. The molecule has 1 fully saturated rings. The molecule has 142 valence electrons. The third-order valence-corrected chi connectivity index (χ3v) is 4.08. The highest BCUT2D eigenvalue weighted by atomic mass is 16.6. The second kappa shape index (κ2) is 8.21. The molecule has 1 unspecified atom stereocenters. The van der Waals surface area contributed by atoms with E-state index in [0.717, 1.165) is 5.56 Å². The van der Waals surface area contributed by atoms with Crippen molar-refractivity contribution in [2.75, 3.05) is 6.54 Å². The Morgan fingerprint density at radius 1 is 1.27 bits per heavy atom. The van der Waals surface area contributed by atoms with Crippen LogP contribution in [0.5, 0.6) is 0 Å². The quantitative estimate of drug-likeness (QED) is 0.837. The first-order valence-corrected chi connectivity index (χ1v) is 8.74. The highest BCUT2D eigenvalue weighted by molar-refractivity contribution is 5.89. The lowest BCUT2D eigenvalue weighted by atomic mass is 10.1. The number of aliphatic carboxylic acids is 1. The van der Waals surface area contributed by atoms with Gasteiger partial charge in [-0.3, -0.25) is 9.69 Å². The van der Waals surface area contributed by atoms with Crippen LogP contribution in [0.25, 0.3) is 0 Å². The second-order valence-corrected chi connectivity index (χ2v) is 7.42. The number of ether oxygens (including phenoxy) is 1. The molecule has 0 saturated carbocycles. The van der Waals surface area contributed by atoms with Crippen LogP contribution in [0, 0.1) is 0 Å².